The maximum Gasteiger partial charge on any atom is 0.340 e. The number of rotatable bonds is 5. The maximum absolute atomic E-state index is 13.4. The van der Waals surface area contributed by atoms with Crippen molar-refractivity contribution in [3.05, 3.63) is 77.9 Å². The van der Waals surface area contributed by atoms with Gasteiger partial charge in [0.25, 0.3) is 5.91 Å². The molecule has 0 aliphatic carbocycles. The van der Waals surface area contributed by atoms with Gasteiger partial charge in [-0.25, -0.2) is 4.79 Å². The summed E-state index contributed by atoms with van der Waals surface area (Å²) in [6.45, 7) is 6.16. The van der Waals surface area contributed by atoms with E-state index in [0.29, 0.717) is 18.8 Å². The first kappa shape index (κ1) is 26.5. The van der Waals surface area contributed by atoms with Crippen LogP contribution in [0.3, 0.4) is 0 Å². The molecule has 0 saturated carbocycles. The molecule has 0 unspecified atom stereocenters. The minimum absolute atomic E-state index is 0.0370. The Balaban J connectivity index is 1.65. The lowest BCUT2D eigenvalue weighted by Crippen LogP contribution is -2.38. The monoisotopic (exact) mass is 524 g/mol. The van der Waals surface area contributed by atoms with E-state index in [2.05, 4.69) is 5.32 Å². The molecular weight excluding hydrogens is 492 g/mol. The fourth-order valence-corrected chi connectivity index (χ4v) is 5.28. The molecule has 0 bridgehead atoms. The van der Waals surface area contributed by atoms with Gasteiger partial charge >= 0.3 is 5.97 Å². The molecular formula is C28H32N2O6S. The number of nitrogens with zero attached hydrogens (tertiary/aromatic N) is 1. The second-order valence-corrected chi connectivity index (χ2v) is 12.4. The zero-order valence-electron chi connectivity index (χ0n) is 21.1. The van der Waals surface area contributed by atoms with Crippen molar-refractivity contribution in [1.82, 2.24) is 0 Å². The van der Waals surface area contributed by atoms with Crippen molar-refractivity contribution >= 4 is 33.8 Å². The Hall–Kier alpha value is -3.53. The van der Waals surface area contributed by atoms with Crippen LogP contribution >= 0.6 is 10.6 Å². The third-order valence-electron chi connectivity index (χ3n) is 5.96. The van der Waals surface area contributed by atoms with Crippen molar-refractivity contribution in [2.75, 3.05) is 34.8 Å². The normalized spacial score (nSPS) is 16.1. The lowest BCUT2D eigenvalue weighted by atomic mass is 10.0. The van der Waals surface area contributed by atoms with E-state index >= 15 is 0 Å². The van der Waals surface area contributed by atoms with Crippen LogP contribution in [0.25, 0.3) is 11.1 Å². The average molecular weight is 525 g/mol. The Labute approximate surface area is 218 Å². The Kier molecular flexibility index (Phi) is 7.49. The highest BCUT2D eigenvalue weighted by Crippen LogP contribution is 2.41. The van der Waals surface area contributed by atoms with Crippen LogP contribution in [0.1, 0.15) is 41.5 Å². The van der Waals surface area contributed by atoms with Crippen molar-refractivity contribution in [3.63, 3.8) is 0 Å². The first-order valence-electron chi connectivity index (χ1n) is 12.0. The Morgan fingerprint density at radius 1 is 0.892 bits per heavy atom. The molecule has 0 radical (unpaired) electrons. The van der Waals surface area contributed by atoms with Gasteiger partial charge in [-0.1, -0.05) is 36.4 Å². The van der Waals surface area contributed by atoms with E-state index in [9.17, 15) is 23.8 Å². The summed E-state index contributed by atoms with van der Waals surface area (Å²) < 4.78 is 25.4. The Morgan fingerprint density at radius 2 is 1.57 bits per heavy atom. The van der Waals surface area contributed by atoms with Crippen LogP contribution in [-0.2, 0) is 4.74 Å². The maximum atomic E-state index is 13.4. The number of ether oxygens (including phenoxy) is 1. The van der Waals surface area contributed by atoms with Crippen molar-refractivity contribution in [1.29, 1.82) is 0 Å². The average Bonchev–Trinajstić information content (AvgIpc) is 2.84. The topological polar surface area (TPSA) is 119 Å². The van der Waals surface area contributed by atoms with Crippen molar-refractivity contribution in [3.8, 4) is 16.9 Å². The molecule has 1 fully saturated rings. The molecule has 4 rings (SSSR count). The summed E-state index contributed by atoms with van der Waals surface area (Å²) >= 11 is 0. The van der Waals surface area contributed by atoms with Gasteiger partial charge in [-0.2, -0.15) is 10.6 Å². The molecule has 0 spiro atoms. The number of phenolic OH excluding ortho intramolecular Hbond substituents is 1. The minimum Gasteiger partial charge on any atom is -0.507 e. The number of carbonyl (C=O) groups excluding carboxylic acids is 2. The van der Waals surface area contributed by atoms with Crippen LogP contribution in [0, 0.1) is 0 Å². The molecule has 3 aromatic carbocycles. The number of hydrogen-bond acceptors (Lipinski definition) is 7. The third kappa shape index (κ3) is 6.62. The highest BCUT2D eigenvalue weighted by Gasteiger charge is 2.25. The highest BCUT2D eigenvalue weighted by atomic mass is 32.3. The fraction of sp³-hybridized carbons (Fsp3) is 0.286. The first-order chi connectivity index (χ1) is 17.4. The standard InChI is InChI=1S/C28H32N2O6S/c1-28(2,3)36-27(33)22-11-9-20(19-7-5-4-6-8-19)17-24(22)29-26(32)23-18-21(10-12-25(23)31)30-13-15-37(34,35)16-14-30/h4-12,17-18,31,34-35H,13-16H2,1-3H3,(H,29,32). The van der Waals surface area contributed by atoms with Crippen molar-refractivity contribution in [2.45, 2.75) is 26.4 Å². The number of hydrogen-bond donors (Lipinski definition) is 4. The van der Waals surface area contributed by atoms with Crippen molar-refractivity contribution in [2.24, 2.45) is 0 Å². The molecule has 0 aromatic heterocycles. The van der Waals surface area contributed by atoms with E-state index < -0.39 is 28.1 Å². The molecule has 1 heterocycles. The molecule has 37 heavy (non-hydrogen) atoms. The van der Waals surface area contributed by atoms with E-state index in [1.54, 1.807) is 51.1 Å². The number of amides is 1. The number of esters is 1. The SMILES string of the molecule is CC(C)(C)OC(=O)c1ccc(-c2ccccc2)cc1NC(=O)c1cc(N2CCS(O)(O)CC2)ccc1O. The molecule has 1 saturated heterocycles. The quantitative estimate of drug-likeness (QED) is 0.310. The van der Waals surface area contributed by atoms with E-state index in [0.717, 1.165) is 11.1 Å². The summed E-state index contributed by atoms with van der Waals surface area (Å²) in [7, 11) is -2.57. The summed E-state index contributed by atoms with van der Waals surface area (Å²) in [6, 6.07) is 19.4. The lowest BCUT2D eigenvalue weighted by Gasteiger charge is -2.42. The number of anilines is 2. The fourth-order valence-electron chi connectivity index (χ4n) is 4.05. The molecule has 0 atom stereocenters. The zero-order valence-corrected chi connectivity index (χ0v) is 21.9. The van der Waals surface area contributed by atoms with Crippen LogP contribution < -0.4 is 10.2 Å². The summed E-state index contributed by atoms with van der Waals surface area (Å²) in [5.41, 5.74) is 2.17. The third-order valence-corrected chi connectivity index (χ3v) is 7.63. The van der Waals surface area contributed by atoms with Gasteiger partial charge in [-0.3, -0.25) is 13.9 Å². The van der Waals surface area contributed by atoms with Gasteiger partial charge in [0.05, 0.1) is 28.3 Å². The van der Waals surface area contributed by atoms with Crippen LogP contribution in [0.2, 0.25) is 0 Å². The number of phenols is 1. The molecule has 1 amide bonds. The van der Waals surface area contributed by atoms with Gasteiger partial charge in [0.2, 0.25) is 0 Å². The zero-order chi connectivity index (χ0) is 26.8. The predicted octanol–water partition coefficient (Wildman–Crippen LogP) is 5.84. The van der Waals surface area contributed by atoms with Gasteiger partial charge in [0, 0.05) is 18.8 Å². The highest BCUT2D eigenvalue weighted by molar-refractivity contribution is 8.24. The van der Waals surface area contributed by atoms with Crippen LogP contribution in [-0.4, -0.2) is 56.3 Å². The first-order valence-corrected chi connectivity index (χ1v) is 13.9. The Bertz CT molecular complexity index is 1290. The molecule has 196 valence electrons. The molecule has 3 aromatic rings. The molecule has 1 aliphatic rings. The van der Waals surface area contributed by atoms with E-state index in [4.69, 9.17) is 4.74 Å². The number of aromatic hydroxyl groups is 1. The van der Waals surface area contributed by atoms with E-state index in [1.807, 2.05) is 35.2 Å². The van der Waals surface area contributed by atoms with Gasteiger partial charge in [-0.15, -0.1) is 0 Å². The van der Waals surface area contributed by atoms with Crippen molar-refractivity contribution < 1.29 is 28.5 Å². The Morgan fingerprint density at radius 3 is 2.22 bits per heavy atom. The largest absolute Gasteiger partial charge is 0.507 e. The summed E-state index contributed by atoms with van der Waals surface area (Å²) in [5, 5.41) is 13.3. The van der Waals surface area contributed by atoms with Crippen LogP contribution in [0.15, 0.2) is 66.7 Å². The van der Waals surface area contributed by atoms with E-state index in [-0.39, 0.29) is 34.1 Å². The minimum atomic E-state index is -2.57. The summed E-state index contributed by atoms with van der Waals surface area (Å²) in [6.07, 6.45) is 0. The smallest absolute Gasteiger partial charge is 0.340 e. The molecule has 9 heteroatoms. The number of carbonyl (C=O) groups is 2. The molecule has 8 nitrogen and oxygen atoms in total. The number of benzene rings is 3. The van der Waals surface area contributed by atoms with E-state index in [1.165, 1.54) is 6.07 Å². The molecule has 1 aliphatic heterocycles. The summed E-state index contributed by atoms with van der Waals surface area (Å²) in [4.78, 5) is 28.3. The van der Waals surface area contributed by atoms with Crippen LogP contribution in [0.5, 0.6) is 5.75 Å². The predicted molar refractivity (Wildman–Crippen MR) is 148 cm³/mol. The second kappa shape index (κ2) is 10.5. The summed E-state index contributed by atoms with van der Waals surface area (Å²) in [5.74, 6) is -0.870. The lowest BCUT2D eigenvalue weighted by molar-refractivity contribution is 0.00707. The van der Waals surface area contributed by atoms with Gasteiger partial charge in [-0.05, 0) is 62.2 Å². The second-order valence-electron chi connectivity index (χ2n) is 9.98. The van der Waals surface area contributed by atoms with Gasteiger partial charge in [0.1, 0.15) is 11.4 Å². The molecule has 4 N–H and O–H groups in total. The van der Waals surface area contributed by atoms with Gasteiger partial charge < -0.3 is 20.1 Å². The van der Waals surface area contributed by atoms with Crippen LogP contribution in [0.4, 0.5) is 11.4 Å². The van der Waals surface area contributed by atoms with Gasteiger partial charge in [0.15, 0.2) is 0 Å². The number of nitrogens with one attached hydrogen (secondary N) is 1.